The number of pyridine rings is 1. The minimum atomic E-state index is -0.862. The highest BCUT2D eigenvalue weighted by Gasteiger charge is 2.38. The van der Waals surface area contributed by atoms with E-state index in [0.717, 1.165) is 10.2 Å². The number of hydrogen-bond acceptors (Lipinski definition) is 3. The van der Waals surface area contributed by atoms with Gasteiger partial charge in [0, 0.05) is 31.5 Å². The number of piperidine rings is 1. The van der Waals surface area contributed by atoms with Gasteiger partial charge in [0.1, 0.15) is 4.60 Å². The first-order chi connectivity index (χ1) is 9.07. The van der Waals surface area contributed by atoms with Crippen molar-refractivity contribution in [3.8, 4) is 0 Å². The van der Waals surface area contributed by atoms with Crippen LogP contribution in [0.4, 0.5) is 4.79 Å². The second-order valence-electron chi connectivity index (χ2n) is 4.57. The number of likely N-dealkylation sites (tertiary alicyclic amines) is 1. The number of halogens is 1. The molecule has 0 aliphatic carbocycles. The van der Waals surface area contributed by atoms with E-state index in [0.29, 0.717) is 32.5 Å². The highest BCUT2D eigenvalue weighted by atomic mass is 79.9. The van der Waals surface area contributed by atoms with Crippen molar-refractivity contribution in [1.29, 1.82) is 0 Å². The summed E-state index contributed by atoms with van der Waals surface area (Å²) in [7, 11) is 0. The van der Waals surface area contributed by atoms with Crippen LogP contribution < -0.4 is 0 Å². The van der Waals surface area contributed by atoms with E-state index in [1.807, 2.05) is 19.1 Å². The molecule has 0 spiro atoms. The molecule has 0 atom stereocenters. The van der Waals surface area contributed by atoms with Crippen LogP contribution in [-0.2, 0) is 10.3 Å². The molecule has 104 valence electrons. The van der Waals surface area contributed by atoms with Crippen LogP contribution in [0.5, 0.6) is 0 Å². The highest BCUT2D eigenvalue weighted by molar-refractivity contribution is 9.10. The summed E-state index contributed by atoms with van der Waals surface area (Å²) in [5.41, 5.74) is 0.608. The first-order valence-corrected chi connectivity index (χ1v) is 7.10. The fraction of sp³-hybridized carbons (Fsp3) is 0.538. The number of ether oxygens (including phenoxy) is 1. The summed E-state index contributed by atoms with van der Waals surface area (Å²) in [5.74, 6) is 0. The Morgan fingerprint density at radius 1 is 1.53 bits per heavy atom. The van der Waals surface area contributed by atoms with Gasteiger partial charge in [-0.15, -0.1) is 0 Å². The summed E-state index contributed by atoms with van der Waals surface area (Å²) in [6, 6.07) is 3.88. The SMILES string of the molecule is CCOC1(c2ccc(Br)nc2)CCN(C(=O)O)CC1. The molecule has 1 fully saturated rings. The lowest BCUT2D eigenvalue weighted by atomic mass is 9.85. The molecule has 1 N–H and O–H groups in total. The lowest BCUT2D eigenvalue weighted by molar-refractivity contribution is -0.0814. The van der Waals surface area contributed by atoms with E-state index in [1.165, 1.54) is 4.90 Å². The molecule has 1 aromatic heterocycles. The second-order valence-corrected chi connectivity index (χ2v) is 5.38. The molecular formula is C13H17BrN2O3. The zero-order valence-corrected chi connectivity index (χ0v) is 12.4. The first kappa shape index (κ1) is 14.3. The maximum Gasteiger partial charge on any atom is 0.407 e. The molecule has 1 saturated heterocycles. The number of nitrogens with zero attached hydrogens (tertiary/aromatic N) is 2. The van der Waals surface area contributed by atoms with E-state index in [9.17, 15) is 4.79 Å². The highest BCUT2D eigenvalue weighted by Crippen LogP contribution is 2.36. The molecule has 1 aliphatic heterocycles. The number of rotatable bonds is 3. The number of aromatic nitrogens is 1. The van der Waals surface area contributed by atoms with E-state index >= 15 is 0 Å². The molecule has 0 unspecified atom stereocenters. The standard InChI is InChI=1S/C13H17BrN2O3/c1-2-19-13(10-3-4-11(14)15-9-10)5-7-16(8-6-13)12(17)18/h3-4,9H,2,5-8H2,1H3,(H,17,18). The first-order valence-electron chi connectivity index (χ1n) is 6.31. The quantitative estimate of drug-likeness (QED) is 0.866. The topological polar surface area (TPSA) is 62.7 Å². The smallest absolute Gasteiger partial charge is 0.407 e. The van der Waals surface area contributed by atoms with Crippen molar-refractivity contribution in [2.45, 2.75) is 25.4 Å². The van der Waals surface area contributed by atoms with E-state index in [1.54, 1.807) is 6.20 Å². The van der Waals surface area contributed by atoms with Crippen molar-refractivity contribution in [2.75, 3.05) is 19.7 Å². The van der Waals surface area contributed by atoms with Gasteiger partial charge in [-0.3, -0.25) is 0 Å². The summed E-state index contributed by atoms with van der Waals surface area (Å²) in [4.78, 5) is 16.6. The third-order valence-electron chi connectivity index (χ3n) is 3.52. The van der Waals surface area contributed by atoms with Crippen LogP contribution in [0.25, 0.3) is 0 Å². The minimum absolute atomic E-state index is 0.408. The molecule has 1 aromatic rings. The minimum Gasteiger partial charge on any atom is -0.465 e. The molecule has 2 rings (SSSR count). The van der Waals surface area contributed by atoms with Crippen LogP contribution in [0.3, 0.4) is 0 Å². The van der Waals surface area contributed by atoms with Crippen LogP contribution in [0.2, 0.25) is 0 Å². The van der Waals surface area contributed by atoms with Gasteiger partial charge in [0.05, 0.1) is 5.60 Å². The van der Waals surface area contributed by atoms with Crippen molar-refractivity contribution in [2.24, 2.45) is 0 Å². The van der Waals surface area contributed by atoms with Gasteiger partial charge in [0.15, 0.2) is 0 Å². The van der Waals surface area contributed by atoms with E-state index in [2.05, 4.69) is 20.9 Å². The Kier molecular flexibility index (Phi) is 4.42. The normalized spacial score (nSPS) is 18.3. The molecule has 0 saturated carbocycles. The molecule has 0 radical (unpaired) electrons. The monoisotopic (exact) mass is 328 g/mol. The number of carbonyl (C=O) groups is 1. The molecule has 2 heterocycles. The van der Waals surface area contributed by atoms with Crippen molar-refractivity contribution >= 4 is 22.0 Å². The van der Waals surface area contributed by atoms with Crippen molar-refractivity contribution in [1.82, 2.24) is 9.88 Å². The fourth-order valence-electron chi connectivity index (χ4n) is 2.50. The zero-order chi connectivity index (χ0) is 13.9. The lowest BCUT2D eigenvalue weighted by Gasteiger charge is -2.40. The maximum atomic E-state index is 11.0. The molecule has 1 amide bonds. The maximum absolute atomic E-state index is 11.0. The van der Waals surface area contributed by atoms with Gasteiger partial charge in [0.25, 0.3) is 0 Å². The molecular weight excluding hydrogens is 312 g/mol. The molecule has 6 heteroatoms. The summed E-state index contributed by atoms with van der Waals surface area (Å²) in [6.07, 6.45) is 2.27. The summed E-state index contributed by atoms with van der Waals surface area (Å²) < 4.78 is 6.73. The Morgan fingerprint density at radius 3 is 2.68 bits per heavy atom. The Labute approximate surface area is 120 Å². The lowest BCUT2D eigenvalue weighted by Crippen LogP contribution is -2.46. The third-order valence-corrected chi connectivity index (χ3v) is 3.98. The van der Waals surface area contributed by atoms with Gasteiger partial charge in [-0.25, -0.2) is 9.78 Å². The Bertz CT molecular complexity index is 442. The predicted molar refractivity (Wildman–Crippen MR) is 74.1 cm³/mol. The Balaban J connectivity index is 2.20. The van der Waals surface area contributed by atoms with Crippen molar-refractivity contribution in [3.63, 3.8) is 0 Å². The van der Waals surface area contributed by atoms with E-state index < -0.39 is 11.7 Å². The van der Waals surface area contributed by atoms with Gasteiger partial charge < -0.3 is 14.7 Å². The summed E-state index contributed by atoms with van der Waals surface area (Å²) >= 11 is 3.32. The zero-order valence-electron chi connectivity index (χ0n) is 10.8. The van der Waals surface area contributed by atoms with Crippen LogP contribution in [0.15, 0.2) is 22.9 Å². The van der Waals surface area contributed by atoms with Crippen LogP contribution >= 0.6 is 15.9 Å². The summed E-state index contributed by atoms with van der Waals surface area (Å²) in [6.45, 7) is 3.54. The van der Waals surface area contributed by atoms with Crippen molar-refractivity contribution < 1.29 is 14.6 Å². The van der Waals surface area contributed by atoms with Gasteiger partial charge in [0.2, 0.25) is 0 Å². The van der Waals surface area contributed by atoms with E-state index in [4.69, 9.17) is 9.84 Å². The molecule has 0 aromatic carbocycles. The molecule has 19 heavy (non-hydrogen) atoms. The number of carboxylic acid groups (broad SMARTS) is 1. The van der Waals surface area contributed by atoms with Crippen LogP contribution in [0.1, 0.15) is 25.3 Å². The predicted octanol–water partition coefficient (Wildman–Crippen LogP) is 2.85. The average Bonchev–Trinajstić information content (AvgIpc) is 2.40. The van der Waals surface area contributed by atoms with Gasteiger partial charge >= 0.3 is 6.09 Å². The van der Waals surface area contributed by atoms with Gasteiger partial charge in [-0.05, 0) is 41.8 Å². The van der Waals surface area contributed by atoms with E-state index in [-0.39, 0.29) is 0 Å². The largest absolute Gasteiger partial charge is 0.465 e. The number of amides is 1. The van der Waals surface area contributed by atoms with Gasteiger partial charge in [-0.2, -0.15) is 0 Å². The Hall–Kier alpha value is -1.14. The summed E-state index contributed by atoms with van der Waals surface area (Å²) in [5, 5.41) is 9.01. The fourth-order valence-corrected chi connectivity index (χ4v) is 2.73. The van der Waals surface area contributed by atoms with Crippen LogP contribution in [-0.4, -0.2) is 40.8 Å². The van der Waals surface area contributed by atoms with Gasteiger partial charge in [-0.1, -0.05) is 6.07 Å². The molecule has 1 aliphatic rings. The third kappa shape index (κ3) is 3.06. The second kappa shape index (κ2) is 5.88. The molecule has 5 nitrogen and oxygen atoms in total. The average molecular weight is 329 g/mol. The molecule has 0 bridgehead atoms. The Morgan fingerprint density at radius 2 is 2.21 bits per heavy atom. The van der Waals surface area contributed by atoms with Crippen LogP contribution in [0, 0.1) is 0 Å². The number of hydrogen-bond donors (Lipinski definition) is 1. The van der Waals surface area contributed by atoms with Crippen molar-refractivity contribution in [3.05, 3.63) is 28.5 Å².